The molecule has 0 spiro atoms. The number of guanidine groups is 1. The Kier molecular flexibility index (Phi) is 4.77. The molecule has 0 aliphatic heterocycles. The number of hydrogen-bond donors (Lipinski definition) is 1. The summed E-state index contributed by atoms with van der Waals surface area (Å²) in [5, 5.41) is 0. The van der Waals surface area contributed by atoms with Crippen molar-refractivity contribution < 1.29 is 0 Å². The van der Waals surface area contributed by atoms with Gasteiger partial charge in [0, 0.05) is 12.2 Å². The molecule has 104 valence electrons. The minimum Gasteiger partial charge on any atom is -0.370 e. The van der Waals surface area contributed by atoms with Crippen molar-refractivity contribution in [1.29, 1.82) is 0 Å². The first-order valence-electron chi connectivity index (χ1n) is 7.19. The van der Waals surface area contributed by atoms with E-state index in [1.807, 2.05) is 25.1 Å². The number of aryl methyl sites for hydroxylation is 1. The third-order valence-corrected chi connectivity index (χ3v) is 3.64. The second kappa shape index (κ2) is 6.55. The van der Waals surface area contributed by atoms with Gasteiger partial charge in [0.2, 0.25) is 0 Å². The summed E-state index contributed by atoms with van der Waals surface area (Å²) in [7, 11) is 0. The van der Waals surface area contributed by atoms with Crippen LogP contribution in [0.25, 0.3) is 0 Å². The van der Waals surface area contributed by atoms with Gasteiger partial charge in [0.1, 0.15) is 0 Å². The molecule has 2 rings (SSSR count). The summed E-state index contributed by atoms with van der Waals surface area (Å²) >= 11 is 0. The highest BCUT2D eigenvalue weighted by Gasteiger charge is 2.16. The molecule has 1 saturated carbocycles. The van der Waals surface area contributed by atoms with Crippen LogP contribution >= 0.6 is 0 Å². The van der Waals surface area contributed by atoms with Crippen LogP contribution in [0.5, 0.6) is 0 Å². The molecule has 2 N–H and O–H groups in total. The van der Waals surface area contributed by atoms with Crippen LogP contribution in [0, 0.1) is 6.92 Å². The van der Waals surface area contributed by atoms with E-state index >= 15 is 0 Å². The molecule has 4 nitrogen and oxygen atoms in total. The van der Waals surface area contributed by atoms with E-state index in [4.69, 9.17) is 5.73 Å². The van der Waals surface area contributed by atoms with Gasteiger partial charge in [0.05, 0.1) is 18.3 Å². The number of nitrogens with two attached hydrogens (primary N) is 1. The second-order valence-corrected chi connectivity index (χ2v) is 5.21. The molecule has 1 fully saturated rings. The summed E-state index contributed by atoms with van der Waals surface area (Å²) in [6.45, 7) is 5.71. The van der Waals surface area contributed by atoms with Crippen LogP contribution in [-0.2, 0) is 6.54 Å². The topological polar surface area (TPSA) is 54.5 Å². The van der Waals surface area contributed by atoms with Crippen molar-refractivity contribution in [3.8, 4) is 0 Å². The summed E-state index contributed by atoms with van der Waals surface area (Å²) < 4.78 is 0. The van der Waals surface area contributed by atoms with Crippen LogP contribution in [0.15, 0.2) is 23.2 Å². The van der Waals surface area contributed by atoms with Gasteiger partial charge in [0.15, 0.2) is 5.96 Å². The van der Waals surface area contributed by atoms with Crippen LogP contribution in [-0.4, -0.2) is 28.4 Å². The molecule has 0 amide bonds. The van der Waals surface area contributed by atoms with Crippen molar-refractivity contribution in [2.75, 3.05) is 6.54 Å². The van der Waals surface area contributed by atoms with E-state index in [2.05, 4.69) is 21.8 Å². The molecule has 0 radical (unpaired) electrons. The summed E-state index contributed by atoms with van der Waals surface area (Å²) in [6.07, 6.45) is 4.93. The average molecular weight is 260 g/mol. The third kappa shape index (κ3) is 3.94. The van der Waals surface area contributed by atoms with E-state index in [-0.39, 0.29) is 0 Å². The van der Waals surface area contributed by atoms with Crippen LogP contribution in [0.1, 0.15) is 44.0 Å². The maximum atomic E-state index is 6.14. The van der Waals surface area contributed by atoms with E-state index in [0.717, 1.165) is 24.5 Å². The standard InChI is InChI=1S/C15H24N4/c1-3-19(11-14-10-6-7-12(2)17-14)15(16)18-13-8-4-5-9-13/h6-7,10,13H,3-5,8-9,11H2,1-2H3,(H2,16,18). The number of aliphatic imine (C=N–C) groups is 1. The van der Waals surface area contributed by atoms with Crippen molar-refractivity contribution in [3.63, 3.8) is 0 Å². The fraction of sp³-hybridized carbons (Fsp3) is 0.600. The monoisotopic (exact) mass is 260 g/mol. The van der Waals surface area contributed by atoms with Gasteiger partial charge in [0.25, 0.3) is 0 Å². The lowest BCUT2D eigenvalue weighted by atomic mass is 10.3. The predicted octanol–water partition coefficient (Wildman–Crippen LogP) is 2.47. The highest BCUT2D eigenvalue weighted by Crippen LogP contribution is 2.21. The fourth-order valence-electron chi connectivity index (χ4n) is 2.54. The number of hydrogen-bond acceptors (Lipinski definition) is 2. The van der Waals surface area contributed by atoms with Crippen molar-refractivity contribution in [3.05, 3.63) is 29.6 Å². The maximum absolute atomic E-state index is 6.14. The van der Waals surface area contributed by atoms with Crippen LogP contribution < -0.4 is 5.73 Å². The zero-order chi connectivity index (χ0) is 13.7. The van der Waals surface area contributed by atoms with Gasteiger partial charge < -0.3 is 10.6 Å². The van der Waals surface area contributed by atoms with Crippen LogP contribution in [0.4, 0.5) is 0 Å². The lowest BCUT2D eigenvalue weighted by Crippen LogP contribution is -2.37. The zero-order valence-electron chi connectivity index (χ0n) is 12.0. The minimum absolute atomic E-state index is 0.430. The number of pyridine rings is 1. The van der Waals surface area contributed by atoms with Gasteiger partial charge in [-0.1, -0.05) is 18.9 Å². The van der Waals surface area contributed by atoms with Crippen molar-refractivity contribution >= 4 is 5.96 Å². The van der Waals surface area contributed by atoms with Crippen LogP contribution in [0.3, 0.4) is 0 Å². The molecule has 1 heterocycles. The number of aromatic nitrogens is 1. The molecule has 0 atom stereocenters. The highest BCUT2D eigenvalue weighted by atomic mass is 15.3. The molecule has 1 aromatic heterocycles. The van der Waals surface area contributed by atoms with E-state index < -0.39 is 0 Å². The van der Waals surface area contributed by atoms with E-state index in [1.165, 1.54) is 25.7 Å². The highest BCUT2D eigenvalue weighted by molar-refractivity contribution is 5.78. The molecule has 1 aliphatic carbocycles. The van der Waals surface area contributed by atoms with E-state index in [9.17, 15) is 0 Å². The average Bonchev–Trinajstić information content (AvgIpc) is 2.88. The molecule has 1 aliphatic rings. The fourth-order valence-corrected chi connectivity index (χ4v) is 2.54. The van der Waals surface area contributed by atoms with Gasteiger partial charge >= 0.3 is 0 Å². The molecule has 1 aromatic rings. The zero-order valence-corrected chi connectivity index (χ0v) is 12.0. The molecule has 0 bridgehead atoms. The SMILES string of the molecule is CCN(Cc1cccc(C)n1)C(N)=NC1CCCC1. The normalized spacial score (nSPS) is 16.8. The lowest BCUT2D eigenvalue weighted by molar-refractivity contribution is 0.419. The summed E-state index contributed by atoms with van der Waals surface area (Å²) in [4.78, 5) is 11.3. The predicted molar refractivity (Wildman–Crippen MR) is 78.9 cm³/mol. The Balaban J connectivity index is 2.02. The largest absolute Gasteiger partial charge is 0.370 e. The Morgan fingerprint density at radius 2 is 2.16 bits per heavy atom. The summed E-state index contributed by atoms with van der Waals surface area (Å²) in [6, 6.07) is 6.52. The Hall–Kier alpha value is -1.58. The molecule has 0 aromatic carbocycles. The quantitative estimate of drug-likeness (QED) is 0.668. The van der Waals surface area contributed by atoms with Gasteiger partial charge in [-0.15, -0.1) is 0 Å². The Bertz CT molecular complexity index is 436. The van der Waals surface area contributed by atoms with Gasteiger partial charge in [-0.3, -0.25) is 4.98 Å². The minimum atomic E-state index is 0.430. The number of nitrogens with zero attached hydrogens (tertiary/aromatic N) is 3. The molecular formula is C15H24N4. The van der Waals surface area contributed by atoms with Gasteiger partial charge in [-0.25, -0.2) is 4.99 Å². The smallest absolute Gasteiger partial charge is 0.191 e. The van der Waals surface area contributed by atoms with E-state index in [0.29, 0.717) is 12.0 Å². The molecule has 4 heteroatoms. The first-order chi connectivity index (χ1) is 9.19. The van der Waals surface area contributed by atoms with Crippen LogP contribution in [0.2, 0.25) is 0 Å². The molecular weight excluding hydrogens is 236 g/mol. The molecule has 0 unspecified atom stereocenters. The van der Waals surface area contributed by atoms with E-state index in [1.54, 1.807) is 0 Å². The third-order valence-electron chi connectivity index (χ3n) is 3.64. The van der Waals surface area contributed by atoms with Gasteiger partial charge in [-0.05, 0) is 38.8 Å². The maximum Gasteiger partial charge on any atom is 0.191 e. The molecule has 19 heavy (non-hydrogen) atoms. The first kappa shape index (κ1) is 13.8. The molecule has 0 saturated heterocycles. The Morgan fingerprint density at radius 1 is 1.42 bits per heavy atom. The Morgan fingerprint density at radius 3 is 2.79 bits per heavy atom. The summed E-state index contributed by atoms with van der Waals surface area (Å²) in [5.74, 6) is 0.665. The van der Waals surface area contributed by atoms with Crippen molar-refractivity contribution in [2.24, 2.45) is 10.7 Å². The van der Waals surface area contributed by atoms with Crippen molar-refractivity contribution in [1.82, 2.24) is 9.88 Å². The number of rotatable bonds is 4. The van der Waals surface area contributed by atoms with Gasteiger partial charge in [-0.2, -0.15) is 0 Å². The Labute approximate surface area is 115 Å². The van der Waals surface area contributed by atoms with Crippen molar-refractivity contribution in [2.45, 2.75) is 52.1 Å². The summed E-state index contributed by atoms with van der Waals surface area (Å²) in [5.41, 5.74) is 8.23. The lowest BCUT2D eigenvalue weighted by Gasteiger charge is -2.22. The first-order valence-corrected chi connectivity index (χ1v) is 7.19. The second-order valence-electron chi connectivity index (χ2n) is 5.21.